The molecule has 1 saturated carbocycles. The first kappa shape index (κ1) is 11.6. The molecule has 0 radical (unpaired) electrons. The van der Waals surface area contributed by atoms with Crippen molar-refractivity contribution in [3.63, 3.8) is 0 Å². The van der Waals surface area contributed by atoms with Gasteiger partial charge in [-0.25, -0.2) is 4.98 Å². The van der Waals surface area contributed by atoms with E-state index in [-0.39, 0.29) is 23.8 Å². The number of hydrogen-bond acceptors (Lipinski definition) is 4. The maximum absolute atomic E-state index is 11.9. The van der Waals surface area contributed by atoms with Crippen molar-refractivity contribution >= 4 is 5.91 Å². The summed E-state index contributed by atoms with van der Waals surface area (Å²) in [5.41, 5.74) is 0. The Hall–Kier alpha value is -1.43. The Kier molecular flexibility index (Phi) is 3.03. The molecule has 0 aromatic carbocycles. The summed E-state index contributed by atoms with van der Waals surface area (Å²) in [5, 5.41) is 13.6. The molecule has 1 amide bonds. The Morgan fingerprint density at radius 1 is 1.39 bits per heavy atom. The molecule has 1 aliphatic heterocycles. The third-order valence-corrected chi connectivity index (χ3v) is 3.70. The first-order valence-corrected chi connectivity index (χ1v) is 6.64. The zero-order chi connectivity index (χ0) is 12.5. The average Bonchev–Trinajstić information content (AvgIpc) is 3.13. The molecule has 6 nitrogen and oxygen atoms in total. The van der Waals surface area contributed by atoms with Gasteiger partial charge in [0.2, 0.25) is 5.91 Å². The van der Waals surface area contributed by atoms with Crippen LogP contribution in [0, 0.1) is 12.8 Å². The largest absolute Gasteiger partial charge is 0.351 e. The quantitative estimate of drug-likeness (QED) is 0.708. The van der Waals surface area contributed by atoms with Crippen molar-refractivity contribution in [1.29, 1.82) is 0 Å². The van der Waals surface area contributed by atoms with Crippen molar-refractivity contribution in [2.45, 2.75) is 38.1 Å². The molecule has 6 heteroatoms. The summed E-state index contributed by atoms with van der Waals surface area (Å²) in [7, 11) is 0. The number of aromatic nitrogens is 3. The number of aromatic amines is 1. The minimum atomic E-state index is 0.113. The van der Waals surface area contributed by atoms with E-state index in [0.717, 1.165) is 44.0 Å². The SMILES string of the molecule is Cc1nc([C@@H]2CCNC[C@@H]2NC(=O)C2CC2)n[nH]1. The van der Waals surface area contributed by atoms with Crippen LogP contribution in [0.5, 0.6) is 0 Å². The predicted octanol–water partition coefficient (Wildman–Crippen LogP) is 0.0848. The van der Waals surface area contributed by atoms with E-state index < -0.39 is 0 Å². The van der Waals surface area contributed by atoms with E-state index in [2.05, 4.69) is 25.8 Å². The van der Waals surface area contributed by atoms with E-state index in [1.165, 1.54) is 0 Å². The first-order chi connectivity index (χ1) is 8.74. The van der Waals surface area contributed by atoms with Gasteiger partial charge in [-0.2, -0.15) is 5.10 Å². The highest BCUT2D eigenvalue weighted by Crippen LogP contribution is 2.30. The van der Waals surface area contributed by atoms with E-state index >= 15 is 0 Å². The highest BCUT2D eigenvalue weighted by molar-refractivity contribution is 5.81. The molecule has 0 bridgehead atoms. The Morgan fingerprint density at radius 2 is 2.22 bits per heavy atom. The molecule has 3 N–H and O–H groups in total. The standard InChI is InChI=1S/C12H19N5O/c1-7-14-11(17-16-7)9-4-5-13-6-10(9)15-12(18)8-2-3-8/h8-10,13H,2-6H2,1H3,(H,15,18)(H,14,16,17)/t9-,10+/m1/s1. The third kappa shape index (κ3) is 2.38. The van der Waals surface area contributed by atoms with Gasteiger partial charge in [0.25, 0.3) is 0 Å². The second kappa shape index (κ2) is 4.68. The molecule has 1 aliphatic carbocycles. The van der Waals surface area contributed by atoms with Crippen LogP contribution in [-0.2, 0) is 4.79 Å². The van der Waals surface area contributed by atoms with Crippen molar-refractivity contribution in [2.75, 3.05) is 13.1 Å². The number of amides is 1. The molecular weight excluding hydrogens is 230 g/mol. The topological polar surface area (TPSA) is 82.7 Å². The lowest BCUT2D eigenvalue weighted by molar-refractivity contribution is -0.123. The fraction of sp³-hybridized carbons (Fsp3) is 0.750. The molecule has 2 fully saturated rings. The highest BCUT2D eigenvalue weighted by atomic mass is 16.2. The number of hydrogen-bond donors (Lipinski definition) is 3. The van der Waals surface area contributed by atoms with Gasteiger partial charge >= 0.3 is 0 Å². The van der Waals surface area contributed by atoms with E-state index in [9.17, 15) is 4.79 Å². The summed E-state index contributed by atoms with van der Waals surface area (Å²) >= 11 is 0. The summed E-state index contributed by atoms with van der Waals surface area (Å²) < 4.78 is 0. The molecule has 0 spiro atoms. The lowest BCUT2D eigenvalue weighted by Crippen LogP contribution is -2.50. The average molecular weight is 249 g/mol. The minimum Gasteiger partial charge on any atom is -0.351 e. The molecule has 2 aliphatic rings. The van der Waals surface area contributed by atoms with Gasteiger partial charge in [-0.15, -0.1) is 0 Å². The van der Waals surface area contributed by atoms with Gasteiger partial charge in [-0.05, 0) is 32.7 Å². The van der Waals surface area contributed by atoms with Crippen molar-refractivity contribution in [3.05, 3.63) is 11.6 Å². The first-order valence-electron chi connectivity index (χ1n) is 6.64. The predicted molar refractivity (Wildman–Crippen MR) is 66.0 cm³/mol. The summed E-state index contributed by atoms with van der Waals surface area (Å²) in [5.74, 6) is 2.33. The summed E-state index contributed by atoms with van der Waals surface area (Å²) in [6.45, 7) is 3.65. The summed E-state index contributed by atoms with van der Waals surface area (Å²) in [6.07, 6.45) is 3.04. The second-order valence-electron chi connectivity index (χ2n) is 5.27. The van der Waals surface area contributed by atoms with Gasteiger partial charge < -0.3 is 10.6 Å². The fourth-order valence-electron chi connectivity index (χ4n) is 2.49. The molecule has 2 atom stereocenters. The van der Waals surface area contributed by atoms with Crippen LogP contribution in [0.15, 0.2) is 0 Å². The number of carbonyl (C=O) groups excluding carboxylic acids is 1. The van der Waals surface area contributed by atoms with Crippen LogP contribution in [0.2, 0.25) is 0 Å². The second-order valence-corrected chi connectivity index (χ2v) is 5.27. The maximum Gasteiger partial charge on any atom is 0.223 e. The molecule has 3 rings (SSSR count). The van der Waals surface area contributed by atoms with Crippen molar-refractivity contribution < 1.29 is 4.79 Å². The van der Waals surface area contributed by atoms with Gasteiger partial charge in [0.05, 0.1) is 6.04 Å². The number of nitrogens with one attached hydrogen (secondary N) is 3. The molecule has 1 aromatic rings. The third-order valence-electron chi connectivity index (χ3n) is 3.70. The summed E-state index contributed by atoms with van der Waals surface area (Å²) in [4.78, 5) is 16.3. The number of aryl methyl sites for hydroxylation is 1. The van der Waals surface area contributed by atoms with Crippen molar-refractivity contribution in [3.8, 4) is 0 Å². The fourth-order valence-corrected chi connectivity index (χ4v) is 2.49. The Bertz CT molecular complexity index is 439. The number of carbonyl (C=O) groups is 1. The van der Waals surface area contributed by atoms with Crippen molar-refractivity contribution in [2.24, 2.45) is 5.92 Å². The van der Waals surface area contributed by atoms with E-state index in [0.29, 0.717) is 0 Å². The zero-order valence-electron chi connectivity index (χ0n) is 10.6. The lowest BCUT2D eigenvalue weighted by atomic mass is 9.92. The van der Waals surface area contributed by atoms with Crippen LogP contribution >= 0.6 is 0 Å². The molecule has 1 saturated heterocycles. The van der Waals surface area contributed by atoms with Gasteiger partial charge in [0.1, 0.15) is 5.82 Å². The monoisotopic (exact) mass is 249 g/mol. The van der Waals surface area contributed by atoms with Crippen molar-refractivity contribution in [1.82, 2.24) is 25.8 Å². The molecule has 1 aromatic heterocycles. The molecule has 2 heterocycles. The molecule has 18 heavy (non-hydrogen) atoms. The van der Waals surface area contributed by atoms with Crippen LogP contribution in [0.1, 0.15) is 36.8 Å². The van der Waals surface area contributed by atoms with Crippen LogP contribution < -0.4 is 10.6 Å². The number of piperidine rings is 1. The van der Waals surface area contributed by atoms with E-state index in [4.69, 9.17) is 0 Å². The van der Waals surface area contributed by atoms with Crippen LogP contribution in [0.25, 0.3) is 0 Å². The maximum atomic E-state index is 11.9. The van der Waals surface area contributed by atoms with E-state index in [1.807, 2.05) is 6.92 Å². The molecular formula is C12H19N5O. The van der Waals surface area contributed by atoms with Gasteiger partial charge in [-0.1, -0.05) is 0 Å². The number of rotatable bonds is 3. The van der Waals surface area contributed by atoms with Crippen LogP contribution in [-0.4, -0.2) is 40.2 Å². The molecule has 0 unspecified atom stereocenters. The normalized spacial score (nSPS) is 28.1. The summed E-state index contributed by atoms with van der Waals surface area (Å²) in [6, 6.07) is 0.113. The molecule has 98 valence electrons. The minimum absolute atomic E-state index is 0.113. The van der Waals surface area contributed by atoms with Gasteiger partial charge in [0.15, 0.2) is 5.82 Å². The van der Waals surface area contributed by atoms with Crippen LogP contribution in [0.4, 0.5) is 0 Å². The lowest BCUT2D eigenvalue weighted by Gasteiger charge is -2.31. The van der Waals surface area contributed by atoms with Gasteiger partial charge in [0, 0.05) is 18.4 Å². The Balaban J connectivity index is 1.71. The highest BCUT2D eigenvalue weighted by Gasteiger charge is 2.35. The van der Waals surface area contributed by atoms with Crippen LogP contribution in [0.3, 0.4) is 0 Å². The van der Waals surface area contributed by atoms with E-state index in [1.54, 1.807) is 0 Å². The number of H-pyrrole nitrogens is 1. The number of nitrogens with zero attached hydrogens (tertiary/aromatic N) is 2. The Morgan fingerprint density at radius 3 is 2.89 bits per heavy atom. The Labute approximate surface area is 106 Å². The smallest absolute Gasteiger partial charge is 0.223 e. The van der Waals surface area contributed by atoms with Gasteiger partial charge in [-0.3, -0.25) is 9.89 Å². The zero-order valence-corrected chi connectivity index (χ0v) is 10.6.